The fourth-order valence-corrected chi connectivity index (χ4v) is 3.39. The summed E-state index contributed by atoms with van der Waals surface area (Å²) in [5.41, 5.74) is 2.16. The summed E-state index contributed by atoms with van der Waals surface area (Å²) in [7, 11) is 0. The van der Waals surface area contributed by atoms with Gasteiger partial charge in [-0.05, 0) is 49.9 Å². The molecule has 0 saturated carbocycles. The molecule has 0 aliphatic carbocycles. The van der Waals surface area contributed by atoms with Gasteiger partial charge in [-0.15, -0.1) is 0 Å². The molecular formula is C19H31NO5. The lowest BCUT2D eigenvalue weighted by atomic mass is 9.89. The van der Waals surface area contributed by atoms with Crippen LogP contribution in [0.1, 0.15) is 50.8 Å². The van der Waals surface area contributed by atoms with E-state index in [1.165, 1.54) is 0 Å². The molecule has 142 valence electrons. The van der Waals surface area contributed by atoms with Crippen LogP contribution < -0.4 is 9.47 Å². The van der Waals surface area contributed by atoms with Gasteiger partial charge >= 0.3 is 0 Å². The molecule has 0 bridgehead atoms. The molecule has 3 N–H and O–H groups in total. The SMILES string of the molecule is CCOc1cc2c(cc1OCC)C(CC(O)O)N(CC(O)CC)CC2. The monoisotopic (exact) mass is 353 g/mol. The minimum absolute atomic E-state index is 0.167. The van der Waals surface area contributed by atoms with Crippen LogP contribution in [0.3, 0.4) is 0 Å². The molecular weight excluding hydrogens is 322 g/mol. The largest absolute Gasteiger partial charge is 0.490 e. The van der Waals surface area contributed by atoms with Crippen LogP contribution in [-0.4, -0.2) is 58.9 Å². The van der Waals surface area contributed by atoms with E-state index in [2.05, 4.69) is 4.90 Å². The summed E-state index contributed by atoms with van der Waals surface area (Å²) >= 11 is 0. The van der Waals surface area contributed by atoms with E-state index in [4.69, 9.17) is 9.47 Å². The topological polar surface area (TPSA) is 82.4 Å². The Kier molecular flexibility index (Phi) is 7.50. The van der Waals surface area contributed by atoms with E-state index < -0.39 is 12.4 Å². The molecule has 0 radical (unpaired) electrons. The zero-order valence-corrected chi connectivity index (χ0v) is 15.4. The van der Waals surface area contributed by atoms with Gasteiger partial charge in [0.05, 0.1) is 19.3 Å². The first-order chi connectivity index (χ1) is 12.0. The van der Waals surface area contributed by atoms with Gasteiger partial charge in [0, 0.05) is 25.6 Å². The molecule has 2 unspecified atom stereocenters. The van der Waals surface area contributed by atoms with Crippen molar-refractivity contribution in [1.82, 2.24) is 4.90 Å². The Balaban J connectivity index is 2.38. The first-order valence-electron chi connectivity index (χ1n) is 9.20. The average molecular weight is 353 g/mol. The zero-order valence-electron chi connectivity index (χ0n) is 15.4. The summed E-state index contributed by atoms with van der Waals surface area (Å²) in [6.07, 6.45) is -0.127. The van der Waals surface area contributed by atoms with Gasteiger partial charge in [-0.2, -0.15) is 0 Å². The van der Waals surface area contributed by atoms with Gasteiger partial charge in [-0.25, -0.2) is 0 Å². The molecule has 2 rings (SSSR count). The summed E-state index contributed by atoms with van der Waals surface area (Å²) < 4.78 is 11.4. The van der Waals surface area contributed by atoms with Gasteiger partial charge in [0.25, 0.3) is 0 Å². The fraction of sp³-hybridized carbons (Fsp3) is 0.684. The minimum atomic E-state index is -1.40. The number of rotatable bonds is 9. The van der Waals surface area contributed by atoms with Gasteiger partial charge in [0.15, 0.2) is 17.8 Å². The van der Waals surface area contributed by atoms with Crippen molar-refractivity contribution in [2.75, 3.05) is 26.3 Å². The minimum Gasteiger partial charge on any atom is -0.490 e. The third-order valence-electron chi connectivity index (χ3n) is 4.62. The summed E-state index contributed by atoms with van der Waals surface area (Å²) in [6, 6.07) is 3.80. The maximum absolute atomic E-state index is 10.1. The van der Waals surface area contributed by atoms with Crippen LogP contribution in [0.2, 0.25) is 0 Å². The van der Waals surface area contributed by atoms with Crippen molar-refractivity contribution in [3.63, 3.8) is 0 Å². The van der Waals surface area contributed by atoms with Crippen LogP contribution in [0.15, 0.2) is 12.1 Å². The van der Waals surface area contributed by atoms with Crippen molar-refractivity contribution in [3.8, 4) is 11.5 Å². The van der Waals surface area contributed by atoms with E-state index in [-0.39, 0.29) is 12.5 Å². The van der Waals surface area contributed by atoms with Crippen LogP contribution in [0.5, 0.6) is 11.5 Å². The van der Waals surface area contributed by atoms with E-state index in [0.717, 1.165) is 29.8 Å². The molecule has 0 spiro atoms. The number of aliphatic hydroxyl groups excluding tert-OH is 2. The number of benzene rings is 1. The normalized spacial score (nSPS) is 18.9. The Morgan fingerprint density at radius 2 is 1.72 bits per heavy atom. The molecule has 1 heterocycles. The third-order valence-corrected chi connectivity index (χ3v) is 4.62. The molecule has 1 aromatic carbocycles. The smallest absolute Gasteiger partial charge is 0.161 e. The lowest BCUT2D eigenvalue weighted by Gasteiger charge is -2.39. The number of aliphatic hydroxyl groups is 3. The van der Waals surface area contributed by atoms with E-state index in [0.29, 0.717) is 31.9 Å². The van der Waals surface area contributed by atoms with Crippen molar-refractivity contribution in [2.24, 2.45) is 0 Å². The van der Waals surface area contributed by atoms with Crippen molar-refractivity contribution in [3.05, 3.63) is 23.3 Å². The first kappa shape index (κ1) is 20.0. The summed E-state index contributed by atoms with van der Waals surface area (Å²) in [5.74, 6) is 1.41. The Hall–Kier alpha value is -1.34. The Labute approximate surface area is 150 Å². The number of ether oxygens (including phenoxy) is 2. The second-order valence-electron chi connectivity index (χ2n) is 6.40. The highest BCUT2D eigenvalue weighted by molar-refractivity contribution is 5.49. The quantitative estimate of drug-likeness (QED) is 0.588. The fourth-order valence-electron chi connectivity index (χ4n) is 3.39. The molecule has 0 aromatic heterocycles. The van der Waals surface area contributed by atoms with Crippen LogP contribution in [0.25, 0.3) is 0 Å². The predicted octanol–water partition coefficient (Wildman–Crippen LogP) is 1.85. The molecule has 2 atom stereocenters. The molecule has 1 aromatic rings. The third kappa shape index (κ3) is 5.07. The van der Waals surface area contributed by atoms with Crippen molar-refractivity contribution >= 4 is 0 Å². The van der Waals surface area contributed by atoms with E-state index in [1.807, 2.05) is 32.9 Å². The predicted molar refractivity (Wildman–Crippen MR) is 95.9 cm³/mol. The number of hydrogen-bond donors (Lipinski definition) is 3. The maximum atomic E-state index is 10.1. The van der Waals surface area contributed by atoms with Crippen LogP contribution in [-0.2, 0) is 6.42 Å². The highest BCUT2D eigenvalue weighted by Gasteiger charge is 2.31. The highest BCUT2D eigenvalue weighted by atomic mass is 16.5. The molecule has 25 heavy (non-hydrogen) atoms. The zero-order chi connectivity index (χ0) is 18.4. The van der Waals surface area contributed by atoms with Crippen LogP contribution in [0, 0.1) is 0 Å². The van der Waals surface area contributed by atoms with E-state index in [1.54, 1.807) is 0 Å². The molecule has 6 nitrogen and oxygen atoms in total. The van der Waals surface area contributed by atoms with Crippen molar-refractivity contribution in [2.45, 2.75) is 58.5 Å². The van der Waals surface area contributed by atoms with Gasteiger partial charge in [0.1, 0.15) is 0 Å². The van der Waals surface area contributed by atoms with E-state index >= 15 is 0 Å². The lowest BCUT2D eigenvalue weighted by Crippen LogP contribution is -2.41. The number of β-amino-alcohol motifs (C(OH)–C–C–N with tert-alkyl or cyclic N) is 1. The summed E-state index contributed by atoms with van der Waals surface area (Å²) in [5, 5.41) is 29.2. The van der Waals surface area contributed by atoms with Crippen LogP contribution in [0.4, 0.5) is 0 Å². The lowest BCUT2D eigenvalue weighted by molar-refractivity contribution is -0.0671. The number of hydrogen-bond acceptors (Lipinski definition) is 6. The molecule has 1 aliphatic heterocycles. The molecule has 1 aliphatic rings. The average Bonchev–Trinajstić information content (AvgIpc) is 2.57. The molecule has 0 saturated heterocycles. The number of nitrogens with zero attached hydrogens (tertiary/aromatic N) is 1. The van der Waals surface area contributed by atoms with E-state index in [9.17, 15) is 15.3 Å². The Bertz CT molecular complexity index is 549. The van der Waals surface area contributed by atoms with Gasteiger partial charge < -0.3 is 24.8 Å². The van der Waals surface area contributed by atoms with Gasteiger partial charge in [0.2, 0.25) is 0 Å². The van der Waals surface area contributed by atoms with Crippen LogP contribution >= 0.6 is 0 Å². The second kappa shape index (κ2) is 9.38. The maximum Gasteiger partial charge on any atom is 0.161 e. The second-order valence-corrected chi connectivity index (χ2v) is 6.40. The molecule has 0 amide bonds. The summed E-state index contributed by atoms with van der Waals surface area (Å²) in [6.45, 7) is 8.18. The van der Waals surface area contributed by atoms with Crippen molar-refractivity contribution < 1.29 is 24.8 Å². The van der Waals surface area contributed by atoms with Crippen molar-refractivity contribution in [1.29, 1.82) is 0 Å². The summed E-state index contributed by atoms with van der Waals surface area (Å²) in [4.78, 5) is 2.13. The Morgan fingerprint density at radius 3 is 2.28 bits per heavy atom. The number of fused-ring (bicyclic) bond motifs is 1. The standard InChI is InChI=1S/C19H31NO5/c1-4-14(21)12-20-8-7-13-9-17(24-5-2)18(25-6-3)10-15(13)16(20)11-19(22)23/h9-10,14,16,19,21-23H,4-8,11-12H2,1-3H3. The first-order valence-corrected chi connectivity index (χ1v) is 9.20. The molecule has 6 heteroatoms. The van der Waals surface area contributed by atoms with Gasteiger partial charge in [-0.3, -0.25) is 4.90 Å². The van der Waals surface area contributed by atoms with Gasteiger partial charge in [-0.1, -0.05) is 6.92 Å². The highest BCUT2D eigenvalue weighted by Crippen LogP contribution is 2.40. The Morgan fingerprint density at radius 1 is 1.08 bits per heavy atom. The molecule has 0 fully saturated rings.